The van der Waals surface area contributed by atoms with E-state index in [4.69, 9.17) is 4.42 Å². The van der Waals surface area contributed by atoms with Gasteiger partial charge in [0.2, 0.25) is 0 Å². The van der Waals surface area contributed by atoms with Crippen molar-refractivity contribution in [1.82, 2.24) is 5.32 Å². The van der Waals surface area contributed by atoms with Gasteiger partial charge >= 0.3 is 0 Å². The minimum Gasteiger partial charge on any atom is -0.466 e. The van der Waals surface area contributed by atoms with Crippen LogP contribution in [0.1, 0.15) is 43.9 Å². The smallest absolute Gasteiger partial charge is 0.105 e. The van der Waals surface area contributed by atoms with E-state index in [1.54, 1.807) is 0 Å². The van der Waals surface area contributed by atoms with Crippen LogP contribution in [0, 0.1) is 19.8 Å². The zero-order valence-electron chi connectivity index (χ0n) is 9.85. The third kappa shape index (κ3) is 2.38. The van der Waals surface area contributed by atoms with Gasteiger partial charge in [0.05, 0.1) is 0 Å². The van der Waals surface area contributed by atoms with E-state index in [-0.39, 0.29) is 0 Å². The van der Waals surface area contributed by atoms with Gasteiger partial charge in [-0.25, -0.2) is 0 Å². The fourth-order valence-corrected chi connectivity index (χ4v) is 1.88. The van der Waals surface area contributed by atoms with E-state index in [0.717, 1.165) is 18.1 Å². The van der Waals surface area contributed by atoms with Gasteiger partial charge in [-0.15, -0.1) is 0 Å². The summed E-state index contributed by atoms with van der Waals surface area (Å²) in [6.07, 6.45) is 0. The molecule has 0 aliphatic carbocycles. The first kappa shape index (κ1) is 11.3. The highest BCUT2D eigenvalue weighted by molar-refractivity contribution is 5.24. The fourth-order valence-electron chi connectivity index (χ4n) is 1.88. The predicted molar refractivity (Wildman–Crippen MR) is 59.4 cm³/mol. The second kappa shape index (κ2) is 4.65. The van der Waals surface area contributed by atoms with Crippen LogP contribution in [-0.4, -0.2) is 6.54 Å². The Morgan fingerprint density at radius 1 is 1.36 bits per heavy atom. The number of hydrogen-bond donors (Lipinski definition) is 1. The van der Waals surface area contributed by atoms with Gasteiger partial charge in [0, 0.05) is 11.6 Å². The Bertz CT molecular complexity index is 289. The second-order valence-corrected chi connectivity index (χ2v) is 4.15. The van der Waals surface area contributed by atoms with Crippen molar-refractivity contribution in [2.75, 3.05) is 6.54 Å². The highest BCUT2D eigenvalue weighted by Gasteiger charge is 2.19. The number of rotatable bonds is 4. The topological polar surface area (TPSA) is 25.2 Å². The van der Waals surface area contributed by atoms with Crippen molar-refractivity contribution in [3.63, 3.8) is 0 Å². The molecule has 1 unspecified atom stereocenters. The lowest BCUT2D eigenvalue weighted by molar-refractivity contribution is 0.410. The molecule has 80 valence electrons. The van der Waals surface area contributed by atoms with Crippen molar-refractivity contribution >= 4 is 0 Å². The minimum atomic E-state index is 0.414. The van der Waals surface area contributed by atoms with Crippen molar-refractivity contribution in [2.45, 2.75) is 40.7 Å². The van der Waals surface area contributed by atoms with Crippen LogP contribution < -0.4 is 5.32 Å². The maximum atomic E-state index is 5.55. The highest BCUT2D eigenvalue weighted by Crippen LogP contribution is 2.26. The first-order valence-corrected chi connectivity index (χ1v) is 5.36. The molecule has 0 aliphatic rings. The van der Waals surface area contributed by atoms with Gasteiger partial charge in [-0.3, -0.25) is 0 Å². The summed E-state index contributed by atoms with van der Waals surface area (Å²) in [6.45, 7) is 11.6. The normalized spacial score (nSPS) is 13.6. The lowest BCUT2D eigenvalue weighted by Gasteiger charge is -2.21. The summed E-state index contributed by atoms with van der Waals surface area (Å²) >= 11 is 0. The number of furan rings is 1. The molecule has 0 bridgehead atoms. The second-order valence-electron chi connectivity index (χ2n) is 4.15. The van der Waals surface area contributed by atoms with Crippen LogP contribution in [0.25, 0.3) is 0 Å². The molecule has 1 aromatic heterocycles. The van der Waals surface area contributed by atoms with Crippen molar-refractivity contribution in [1.29, 1.82) is 0 Å². The fraction of sp³-hybridized carbons (Fsp3) is 0.667. The SMILES string of the molecule is CCNC(c1cc(C)oc1C)C(C)C. The number of hydrogen-bond acceptors (Lipinski definition) is 2. The third-order valence-electron chi connectivity index (χ3n) is 2.51. The predicted octanol–water partition coefficient (Wildman–Crippen LogP) is 3.20. The van der Waals surface area contributed by atoms with E-state index in [1.165, 1.54) is 5.56 Å². The monoisotopic (exact) mass is 195 g/mol. The lowest BCUT2D eigenvalue weighted by Crippen LogP contribution is -2.25. The average molecular weight is 195 g/mol. The first-order valence-electron chi connectivity index (χ1n) is 5.36. The molecule has 14 heavy (non-hydrogen) atoms. The standard InChI is InChI=1S/C12H21NO/c1-6-13-12(8(2)3)11-7-9(4)14-10(11)5/h7-8,12-13H,6H2,1-5H3. The summed E-state index contributed by atoms with van der Waals surface area (Å²) in [6, 6.07) is 2.56. The summed E-state index contributed by atoms with van der Waals surface area (Å²) in [5.41, 5.74) is 1.30. The largest absolute Gasteiger partial charge is 0.466 e. The van der Waals surface area contributed by atoms with Crippen LogP contribution in [0.5, 0.6) is 0 Å². The van der Waals surface area contributed by atoms with E-state index in [9.17, 15) is 0 Å². The van der Waals surface area contributed by atoms with Crippen LogP contribution in [0.15, 0.2) is 10.5 Å². The molecule has 2 nitrogen and oxygen atoms in total. The van der Waals surface area contributed by atoms with Crippen LogP contribution in [0.4, 0.5) is 0 Å². The Hall–Kier alpha value is -0.760. The van der Waals surface area contributed by atoms with Crippen LogP contribution >= 0.6 is 0 Å². The van der Waals surface area contributed by atoms with Crippen LogP contribution in [0.2, 0.25) is 0 Å². The number of aryl methyl sites for hydroxylation is 2. The van der Waals surface area contributed by atoms with E-state index in [1.807, 2.05) is 13.8 Å². The van der Waals surface area contributed by atoms with E-state index in [0.29, 0.717) is 12.0 Å². The Balaban J connectivity index is 2.92. The first-order chi connectivity index (χ1) is 6.56. The van der Waals surface area contributed by atoms with Crippen LogP contribution in [0.3, 0.4) is 0 Å². The minimum absolute atomic E-state index is 0.414. The molecule has 0 saturated carbocycles. The molecule has 1 N–H and O–H groups in total. The van der Waals surface area contributed by atoms with E-state index in [2.05, 4.69) is 32.2 Å². The Labute approximate surface area is 86.7 Å². The lowest BCUT2D eigenvalue weighted by atomic mass is 9.96. The van der Waals surface area contributed by atoms with Gasteiger partial charge in [-0.1, -0.05) is 20.8 Å². The highest BCUT2D eigenvalue weighted by atomic mass is 16.3. The van der Waals surface area contributed by atoms with E-state index < -0.39 is 0 Å². The van der Waals surface area contributed by atoms with Crippen molar-refractivity contribution in [3.8, 4) is 0 Å². The maximum Gasteiger partial charge on any atom is 0.105 e. The van der Waals surface area contributed by atoms with Crippen molar-refractivity contribution in [3.05, 3.63) is 23.2 Å². The molecule has 0 aliphatic heterocycles. The summed E-state index contributed by atoms with van der Waals surface area (Å²) in [5.74, 6) is 2.63. The molecule has 2 heteroatoms. The Morgan fingerprint density at radius 3 is 2.36 bits per heavy atom. The summed E-state index contributed by atoms with van der Waals surface area (Å²) in [7, 11) is 0. The quantitative estimate of drug-likeness (QED) is 0.798. The molecular formula is C12H21NO. The molecule has 1 rings (SSSR count). The molecular weight excluding hydrogens is 174 g/mol. The molecule has 0 spiro atoms. The molecule has 0 saturated heterocycles. The molecule has 0 fully saturated rings. The molecule has 1 heterocycles. The van der Waals surface area contributed by atoms with Gasteiger partial charge < -0.3 is 9.73 Å². The zero-order chi connectivity index (χ0) is 10.7. The zero-order valence-corrected chi connectivity index (χ0v) is 9.85. The van der Waals surface area contributed by atoms with Crippen molar-refractivity contribution in [2.24, 2.45) is 5.92 Å². The number of nitrogens with one attached hydrogen (secondary N) is 1. The summed E-state index contributed by atoms with van der Waals surface area (Å²) < 4.78 is 5.55. The van der Waals surface area contributed by atoms with Gasteiger partial charge in [-0.2, -0.15) is 0 Å². The Kier molecular flexibility index (Phi) is 3.76. The van der Waals surface area contributed by atoms with Crippen LogP contribution in [-0.2, 0) is 0 Å². The summed E-state index contributed by atoms with van der Waals surface area (Å²) in [5, 5.41) is 3.49. The molecule has 0 radical (unpaired) electrons. The maximum absolute atomic E-state index is 5.55. The molecule has 0 aromatic carbocycles. The molecule has 0 amide bonds. The van der Waals surface area contributed by atoms with Gasteiger partial charge in [0.15, 0.2) is 0 Å². The van der Waals surface area contributed by atoms with Crippen molar-refractivity contribution < 1.29 is 4.42 Å². The van der Waals surface area contributed by atoms with Gasteiger partial charge in [0.1, 0.15) is 11.5 Å². The van der Waals surface area contributed by atoms with E-state index >= 15 is 0 Å². The van der Waals surface area contributed by atoms with Gasteiger partial charge in [-0.05, 0) is 32.4 Å². The molecule has 1 atom stereocenters. The summed E-state index contributed by atoms with van der Waals surface area (Å²) in [4.78, 5) is 0. The Morgan fingerprint density at radius 2 is 2.00 bits per heavy atom. The van der Waals surface area contributed by atoms with Gasteiger partial charge in [0.25, 0.3) is 0 Å². The third-order valence-corrected chi connectivity index (χ3v) is 2.51. The molecule has 1 aromatic rings. The average Bonchev–Trinajstić information content (AvgIpc) is 2.40.